The number of likely N-dealkylation sites (tertiary alicyclic amines) is 1. The Hall–Kier alpha value is -2.77. The second kappa shape index (κ2) is 11.4. The van der Waals surface area contributed by atoms with Gasteiger partial charge in [-0.05, 0) is 70.7 Å². The zero-order chi connectivity index (χ0) is 29.6. The van der Waals surface area contributed by atoms with Crippen molar-refractivity contribution >= 4 is 17.5 Å². The van der Waals surface area contributed by atoms with E-state index < -0.39 is 35.6 Å². The molecular weight excluding hydrogens is 559 g/mol. The Labute approximate surface area is 242 Å². The Bertz CT molecular complexity index is 1280. The lowest BCUT2D eigenvalue weighted by Crippen LogP contribution is -2.56. The van der Waals surface area contributed by atoms with Gasteiger partial charge in [0.2, 0.25) is 5.95 Å². The molecule has 2 N–H and O–H groups in total. The third kappa shape index (κ3) is 6.14. The van der Waals surface area contributed by atoms with Crippen LogP contribution in [0.5, 0.6) is 5.75 Å². The number of rotatable bonds is 7. The van der Waals surface area contributed by atoms with Crippen LogP contribution >= 0.6 is 0 Å². The van der Waals surface area contributed by atoms with Gasteiger partial charge in [-0.2, -0.15) is 18.2 Å². The molecule has 0 radical (unpaired) electrons. The highest BCUT2D eigenvalue weighted by Gasteiger charge is 2.43. The first kappa shape index (κ1) is 29.3. The van der Waals surface area contributed by atoms with Gasteiger partial charge in [0.1, 0.15) is 18.0 Å². The maximum absolute atomic E-state index is 14.9. The van der Waals surface area contributed by atoms with Gasteiger partial charge in [0, 0.05) is 36.4 Å². The van der Waals surface area contributed by atoms with Crippen molar-refractivity contribution in [2.75, 3.05) is 43.5 Å². The molecule has 0 bridgehead atoms. The summed E-state index contributed by atoms with van der Waals surface area (Å²) in [6.07, 6.45) is -1.99. The lowest BCUT2D eigenvalue weighted by molar-refractivity contribution is -0.140. The van der Waals surface area contributed by atoms with Gasteiger partial charge in [0.15, 0.2) is 11.6 Å². The number of hydrogen-bond acceptors (Lipinski definition) is 8. The average Bonchev–Trinajstić information content (AvgIpc) is 3.36. The van der Waals surface area contributed by atoms with E-state index in [-0.39, 0.29) is 48.0 Å². The molecule has 4 fully saturated rings. The summed E-state index contributed by atoms with van der Waals surface area (Å²) >= 11 is 0. The summed E-state index contributed by atoms with van der Waals surface area (Å²) in [6, 6.07) is 4.01. The van der Waals surface area contributed by atoms with E-state index in [1.165, 1.54) is 12.1 Å². The van der Waals surface area contributed by atoms with Crippen LogP contribution in [-0.2, 0) is 10.9 Å². The molecular formula is C29H37F5N6O2. The maximum atomic E-state index is 14.9. The summed E-state index contributed by atoms with van der Waals surface area (Å²) in [5.74, 6) is -1.12. The Balaban J connectivity index is 1.15. The zero-order valence-electron chi connectivity index (χ0n) is 23.8. The fourth-order valence-electron chi connectivity index (χ4n) is 6.87. The van der Waals surface area contributed by atoms with Crippen LogP contribution in [0.4, 0.5) is 39.4 Å². The number of hydrogen-bond donors (Lipinski definition) is 2. The number of piperidine rings is 2. The molecule has 1 aromatic heterocycles. The Kier molecular flexibility index (Phi) is 7.94. The Morgan fingerprint density at radius 1 is 1.12 bits per heavy atom. The summed E-state index contributed by atoms with van der Waals surface area (Å²) in [4.78, 5) is 12.7. The van der Waals surface area contributed by atoms with Crippen molar-refractivity contribution in [2.45, 2.75) is 88.1 Å². The molecule has 13 heteroatoms. The van der Waals surface area contributed by atoms with Gasteiger partial charge >= 0.3 is 6.18 Å². The van der Waals surface area contributed by atoms with Crippen molar-refractivity contribution in [2.24, 2.45) is 0 Å². The molecule has 1 unspecified atom stereocenters. The third-order valence-electron chi connectivity index (χ3n) is 9.01. The lowest BCUT2D eigenvalue weighted by atomic mass is 9.84. The topological polar surface area (TPSA) is 74.8 Å². The molecule has 4 aliphatic heterocycles. The molecule has 4 aliphatic rings. The van der Waals surface area contributed by atoms with Crippen LogP contribution in [0, 0.1) is 5.82 Å². The Morgan fingerprint density at radius 2 is 1.93 bits per heavy atom. The SMILES string of the molecule is CC1(C)C[C@H](Nc2nc(Nc3ccc(OC4CCN(C5COC5)C[C@H]4F)c(C(F)(F)F)c3)ncc2F)C[C@@H]2CCCN21. The second-order valence-corrected chi connectivity index (χ2v) is 12.5. The summed E-state index contributed by atoms with van der Waals surface area (Å²) in [5.41, 5.74) is -1.03. The minimum atomic E-state index is -4.75. The molecule has 42 heavy (non-hydrogen) atoms. The van der Waals surface area contributed by atoms with Gasteiger partial charge in [-0.25, -0.2) is 13.8 Å². The molecule has 2 aromatic rings. The van der Waals surface area contributed by atoms with Crippen molar-refractivity contribution in [1.29, 1.82) is 0 Å². The number of halogens is 5. The number of nitrogens with one attached hydrogen (secondary N) is 2. The smallest absolute Gasteiger partial charge is 0.420 e. The lowest BCUT2D eigenvalue weighted by Gasteiger charge is -2.47. The summed E-state index contributed by atoms with van der Waals surface area (Å²) < 4.78 is 82.5. The maximum Gasteiger partial charge on any atom is 0.420 e. The number of alkyl halides is 4. The van der Waals surface area contributed by atoms with E-state index in [0.717, 1.165) is 44.5 Å². The molecule has 0 saturated carbocycles. The van der Waals surface area contributed by atoms with Crippen molar-refractivity contribution in [3.8, 4) is 5.75 Å². The highest BCUT2D eigenvalue weighted by Crippen LogP contribution is 2.41. The predicted molar refractivity (Wildman–Crippen MR) is 147 cm³/mol. The van der Waals surface area contributed by atoms with Crippen LogP contribution in [0.15, 0.2) is 24.4 Å². The molecule has 0 aliphatic carbocycles. The summed E-state index contributed by atoms with van der Waals surface area (Å²) in [5, 5.41) is 5.98. The van der Waals surface area contributed by atoms with Gasteiger partial charge in [-0.15, -0.1) is 0 Å². The van der Waals surface area contributed by atoms with Crippen molar-refractivity contribution in [1.82, 2.24) is 19.8 Å². The number of anilines is 3. The van der Waals surface area contributed by atoms with Gasteiger partial charge < -0.3 is 20.1 Å². The number of nitrogens with zero attached hydrogens (tertiary/aromatic N) is 4. The van der Waals surface area contributed by atoms with Gasteiger partial charge in [-0.1, -0.05) is 0 Å². The zero-order valence-corrected chi connectivity index (χ0v) is 23.8. The number of ether oxygens (including phenoxy) is 2. The molecule has 1 aromatic carbocycles. The number of fused-ring (bicyclic) bond motifs is 1. The highest BCUT2D eigenvalue weighted by molar-refractivity contribution is 5.59. The first-order valence-corrected chi connectivity index (χ1v) is 14.6. The third-order valence-corrected chi connectivity index (χ3v) is 9.01. The quantitative estimate of drug-likeness (QED) is 0.413. The van der Waals surface area contributed by atoms with Crippen LogP contribution in [0.3, 0.4) is 0 Å². The predicted octanol–water partition coefficient (Wildman–Crippen LogP) is 5.39. The van der Waals surface area contributed by atoms with Crippen molar-refractivity contribution in [3.63, 3.8) is 0 Å². The molecule has 4 saturated heterocycles. The van der Waals surface area contributed by atoms with E-state index >= 15 is 0 Å². The largest absolute Gasteiger partial charge is 0.487 e. The molecule has 230 valence electrons. The van der Waals surface area contributed by atoms with Crippen LogP contribution in [0.2, 0.25) is 0 Å². The standard InChI is InChI=1S/C29H37F5N6O2/c1-28(2)12-18(10-19-4-3-8-40(19)28)36-26-22(30)13-35-27(38-26)37-17-5-6-24(21(11-17)29(32,33)34)42-25-7-9-39(14-23(25)31)20-15-41-16-20/h5-6,11,13,18-20,23,25H,3-4,7-10,12,14-16H2,1-2H3,(H2,35,36,37,38)/t18-,19+,23-,25?/m1/s1. The van der Waals surface area contributed by atoms with E-state index in [1.54, 1.807) is 0 Å². The first-order valence-electron chi connectivity index (χ1n) is 14.6. The normalized spacial score (nSPS) is 28.6. The fraction of sp³-hybridized carbons (Fsp3) is 0.655. The van der Waals surface area contributed by atoms with E-state index in [0.29, 0.717) is 25.8 Å². The van der Waals surface area contributed by atoms with E-state index in [1.807, 2.05) is 4.90 Å². The average molecular weight is 597 g/mol. The molecule has 5 heterocycles. The van der Waals surface area contributed by atoms with Crippen molar-refractivity contribution < 1.29 is 31.4 Å². The van der Waals surface area contributed by atoms with Gasteiger partial charge in [0.05, 0.1) is 31.0 Å². The van der Waals surface area contributed by atoms with Crippen LogP contribution in [-0.4, -0.2) is 88.6 Å². The molecule has 6 rings (SSSR count). The minimum Gasteiger partial charge on any atom is -0.487 e. The molecule has 4 atom stereocenters. The van der Waals surface area contributed by atoms with Crippen LogP contribution < -0.4 is 15.4 Å². The highest BCUT2D eigenvalue weighted by atomic mass is 19.4. The van der Waals surface area contributed by atoms with E-state index in [2.05, 4.69) is 39.3 Å². The second-order valence-electron chi connectivity index (χ2n) is 12.5. The fourth-order valence-corrected chi connectivity index (χ4v) is 6.87. The molecule has 0 spiro atoms. The number of aromatic nitrogens is 2. The summed E-state index contributed by atoms with van der Waals surface area (Å²) in [6.45, 7) is 7.14. The van der Waals surface area contributed by atoms with Crippen LogP contribution in [0.25, 0.3) is 0 Å². The van der Waals surface area contributed by atoms with E-state index in [4.69, 9.17) is 9.47 Å². The van der Waals surface area contributed by atoms with Crippen LogP contribution in [0.1, 0.15) is 51.5 Å². The molecule has 0 amide bonds. The van der Waals surface area contributed by atoms with Gasteiger partial charge in [0.25, 0.3) is 0 Å². The monoisotopic (exact) mass is 596 g/mol. The van der Waals surface area contributed by atoms with Gasteiger partial charge in [-0.3, -0.25) is 9.80 Å². The van der Waals surface area contributed by atoms with E-state index in [9.17, 15) is 22.0 Å². The van der Waals surface area contributed by atoms with Crippen molar-refractivity contribution in [3.05, 3.63) is 35.8 Å². The first-order chi connectivity index (χ1) is 20.0. The molecule has 8 nitrogen and oxygen atoms in total. The summed E-state index contributed by atoms with van der Waals surface area (Å²) in [7, 11) is 0. The number of benzene rings is 1. The Morgan fingerprint density at radius 3 is 2.64 bits per heavy atom. The minimum absolute atomic E-state index is 0.00175.